The minimum absolute atomic E-state index is 0.821. The Labute approximate surface area is 103 Å². The van der Waals surface area contributed by atoms with Gasteiger partial charge in [0.05, 0.1) is 0 Å². The zero-order chi connectivity index (χ0) is 13.0. The summed E-state index contributed by atoms with van der Waals surface area (Å²) < 4.78 is 5.10. The average molecular weight is 231 g/mol. The van der Waals surface area contributed by atoms with Crippen LogP contribution in [-0.2, 0) is 4.74 Å². The molecule has 0 spiro atoms. The third-order valence-corrected chi connectivity index (χ3v) is 2.24. The van der Waals surface area contributed by atoms with Crippen LogP contribution >= 0.6 is 0 Å². The molecule has 0 aliphatic carbocycles. The first-order valence-corrected chi connectivity index (χ1v) is 6.73. The molecule has 0 aromatic carbocycles. The first-order chi connectivity index (χ1) is 7.56. The highest BCUT2D eigenvalue weighted by molar-refractivity contribution is 4.68. The van der Waals surface area contributed by atoms with E-state index in [4.69, 9.17) is 4.74 Å². The van der Waals surface area contributed by atoms with Gasteiger partial charge in [-0.15, -0.1) is 0 Å². The molecular weight excluding hydrogens is 198 g/mol. The van der Waals surface area contributed by atoms with Crippen LogP contribution in [0.3, 0.4) is 0 Å². The molecule has 0 saturated carbocycles. The first-order valence-electron chi connectivity index (χ1n) is 6.73. The van der Waals surface area contributed by atoms with E-state index in [9.17, 15) is 0 Å². The molecule has 0 aromatic heterocycles. The Kier molecular flexibility index (Phi) is 14.8. The predicted octanol–water partition coefficient (Wildman–Crippen LogP) is 3.66. The normalized spacial score (nSPS) is 17.2. The zero-order valence-electron chi connectivity index (χ0n) is 12.5. The molecule has 1 saturated heterocycles. The minimum Gasteiger partial charge on any atom is -0.384 e. The third kappa shape index (κ3) is 13.9. The van der Waals surface area contributed by atoms with Crippen molar-refractivity contribution >= 4 is 0 Å². The van der Waals surface area contributed by atoms with Crippen molar-refractivity contribution in [1.82, 2.24) is 4.90 Å². The maximum atomic E-state index is 5.10. The van der Waals surface area contributed by atoms with E-state index in [0.29, 0.717) is 0 Å². The second kappa shape index (κ2) is 13.0. The SMILES string of the molecule is CC.CC(C)C.COCC1CCN(C)CC1. The molecule has 0 aromatic rings. The van der Waals surface area contributed by atoms with Crippen LogP contribution in [0.4, 0.5) is 0 Å². The van der Waals surface area contributed by atoms with E-state index in [2.05, 4.69) is 32.7 Å². The van der Waals surface area contributed by atoms with Gasteiger partial charge in [-0.25, -0.2) is 0 Å². The molecule has 1 heterocycles. The van der Waals surface area contributed by atoms with Crippen LogP contribution in [0.25, 0.3) is 0 Å². The van der Waals surface area contributed by atoms with E-state index in [1.165, 1.54) is 25.9 Å². The summed E-state index contributed by atoms with van der Waals surface area (Å²) in [5.74, 6) is 1.65. The highest BCUT2D eigenvalue weighted by atomic mass is 16.5. The topological polar surface area (TPSA) is 12.5 Å². The molecule has 1 aliphatic heterocycles. The van der Waals surface area contributed by atoms with Crippen LogP contribution in [0.5, 0.6) is 0 Å². The molecule has 0 atom stereocenters. The van der Waals surface area contributed by atoms with Crippen molar-refractivity contribution in [2.75, 3.05) is 33.9 Å². The number of ether oxygens (including phenoxy) is 1. The Morgan fingerprint density at radius 1 is 1.12 bits per heavy atom. The Hall–Kier alpha value is -0.0800. The fourth-order valence-corrected chi connectivity index (χ4v) is 1.46. The number of piperidine rings is 1. The van der Waals surface area contributed by atoms with E-state index in [1.54, 1.807) is 7.11 Å². The van der Waals surface area contributed by atoms with Gasteiger partial charge in [0.2, 0.25) is 0 Å². The van der Waals surface area contributed by atoms with Crippen LogP contribution in [0.15, 0.2) is 0 Å². The Morgan fingerprint density at radius 3 is 1.81 bits per heavy atom. The van der Waals surface area contributed by atoms with Crippen molar-refractivity contribution in [3.05, 3.63) is 0 Å². The third-order valence-electron chi connectivity index (χ3n) is 2.24. The molecule has 0 radical (unpaired) electrons. The van der Waals surface area contributed by atoms with Gasteiger partial charge in [-0.3, -0.25) is 0 Å². The van der Waals surface area contributed by atoms with Crippen molar-refractivity contribution < 1.29 is 4.74 Å². The lowest BCUT2D eigenvalue weighted by Gasteiger charge is -2.28. The van der Waals surface area contributed by atoms with Gasteiger partial charge in [0.25, 0.3) is 0 Å². The number of rotatable bonds is 2. The zero-order valence-corrected chi connectivity index (χ0v) is 12.5. The largest absolute Gasteiger partial charge is 0.384 e. The molecule has 2 nitrogen and oxygen atoms in total. The molecule has 0 unspecified atom stereocenters. The first kappa shape index (κ1) is 18.3. The molecule has 1 aliphatic rings. The maximum Gasteiger partial charge on any atom is 0.0491 e. The van der Waals surface area contributed by atoms with Crippen LogP contribution in [0.2, 0.25) is 0 Å². The summed E-state index contributed by atoms with van der Waals surface area (Å²) in [7, 11) is 3.97. The monoisotopic (exact) mass is 231 g/mol. The highest BCUT2D eigenvalue weighted by Gasteiger charge is 2.15. The van der Waals surface area contributed by atoms with Gasteiger partial charge in [0, 0.05) is 13.7 Å². The van der Waals surface area contributed by atoms with E-state index < -0.39 is 0 Å². The van der Waals surface area contributed by atoms with Crippen molar-refractivity contribution in [2.24, 2.45) is 11.8 Å². The summed E-state index contributed by atoms with van der Waals surface area (Å²) in [4.78, 5) is 2.38. The van der Waals surface area contributed by atoms with Crippen LogP contribution in [0, 0.1) is 11.8 Å². The van der Waals surface area contributed by atoms with Crippen LogP contribution in [-0.4, -0.2) is 38.8 Å². The summed E-state index contributed by atoms with van der Waals surface area (Å²) in [6.45, 7) is 13.9. The van der Waals surface area contributed by atoms with Gasteiger partial charge >= 0.3 is 0 Å². The van der Waals surface area contributed by atoms with Gasteiger partial charge in [-0.2, -0.15) is 0 Å². The Bertz CT molecular complexity index is 115. The molecule has 1 fully saturated rings. The summed E-state index contributed by atoms with van der Waals surface area (Å²) >= 11 is 0. The highest BCUT2D eigenvalue weighted by Crippen LogP contribution is 2.15. The molecule has 16 heavy (non-hydrogen) atoms. The second-order valence-electron chi connectivity index (χ2n) is 4.93. The fourth-order valence-electron chi connectivity index (χ4n) is 1.46. The molecule has 1 rings (SSSR count). The number of hydrogen-bond acceptors (Lipinski definition) is 2. The van der Waals surface area contributed by atoms with Gasteiger partial charge in [0.15, 0.2) is 0 Å². The second-order valence-corrected chi connectivity index (χ2v) is 4.93. The molecule has 2 heteroatoms. The maximum absolute atomic E-state index is 5.10. The summed E-state index contributed by atoms with van der Waals surface area (Å²) in [5, 5.41) is 0. The fraction of sp³-hybridized carbons (Fsp3) is 1.00. The Balaban J connectivity index is 0. The van der Waals surface area contributed by atoms with Gasteiger partial charge in [-0.1, -0.05) is 34.6 Å². The molecule has 100 valence electrons. The van der Waals surface area contributed by atoms with Crippen molar-refractivity contribution in [2.45, 2.75) is 47.5 Å². The van der Waals surface area contributed by atoms with E-state index >= 15 is 0 Å². The van der Waals surface area contributed by atoms with Gasteiger partial charge in [0.1, 0.15) is 0 Å². The lowest BCUT2D eigenvalue weighted by Crippen LogP contribution is -2.31. The number of likely N-dealkylation sites (tertiary alicyclic amines) is 1. The van der Waals surface area contributed by atoms with E-state index in [0.717, 1.165) is 18.4 Å². The lowest BCUT2D eigenvalue weighted by atomic mass is 9.98. The van der Waals surface area contributed by atoms with Crippen molar-refractivity contribution in [3.63, 3.8) is 0 Å². The van der Waals surface area contributed by atoms with Gasteiger partial charge < -0.3 is 9.64 Å². The van der Waals surface area contributed by atoms with Crippen molar-refractivity contribution in [1.29, 1.82) is 0 Å². The number of methoxy groups -OCH3 is 1. The average Bonchev–Trinajstić information content (AvgIpc) is 2.24. The molecule has 0 amide bonds. The van der Waals surface area contributed by atoms with Gasteiger partial charge in [-0.05, 0) is 44.8 Å². The molecule has 0 bridgehead atoms. The summed E-state index contributed by atoms with van der Waals surface area (Å²) in [6, 6.07) is 0. The minimum atomic E-state index is 0.821. The standard InChI is InChI=1S/C8H17NO.C4H10.C2H6/c1-9-5-3-8(4-6-9)7-10-2;1-4(2)3;1-2/h8H,3-7H2,1-2H3;4H,1-3H3;1-2H3. The lowest BCUT2D eigenvalue weighted by molar-refractivity contribution is 0.109. The van der Waals surface area contributed by atoms with Crippen LogP contribution < -0.4 is 0 Å². The smallest absolute Gasteiger partial charge is 0.0491 e. The molecule has 0 N–H and O–H groups in total. The summed E-state index contributed by atoms with van der Waals surface area (Å²) in [6.07, 6.45) is 2.62. The number of hydrogen-bond donors (Lipinski definition) is 0. The predicted molar refractivity (Wildman–Crippen MR) is 74.0 cm³/mol. The number of nitrogens with zero attached hydrogens (tertiary/aromatic N) is 1. The van der Waals surface area contributed by atoms with E-state index in [1.807, 2.05) is 13.8 Å². The Morgan fingerprint density at radius 2 is 1.50 bits per heavy atom. The van der Waals surface area contributed by atoms with Crippen molar-refractivity contribution in [3.8, 4) is 0 Å². The quantitative estimate of drug-likeness (QED) is 0.719. The molecular formula is C14H33NO. The van der Waals surface area contributed by atoms with Crippen LogP contribution in [0.1, 0.15) is 47.5 Å². The summed E-state index contributed by atoms with van der Waals surface area (Å²) in [5.41, 5.74) is 0. The van der Waals surface area contributed by atoms with E-state index in [-0.39, 0.29) is 0 Å².